The summed E-state index contributed by atoms with van der Waals surface area (Å²) >= 11 is 5.84. The molecule has 0 radical (unpaired) electrons. The molecule has 0 fully saturated rings. The minimum atomic E-state index is -0.315. The van der Waals surface area contributed by atoms with E-state index in [2.05, 4.69) is 5.16 Å². The second kappa shape index (κ2) is 6.56. The van der Waals surface area contributed by atoms with Crippen LogP contribution in [0.4, 0.5) is 4.39 Å². The average molecular weight is 274 g/mol. The van der Waals surface area contributed by atoms with E-state index in [1.54, 1.807) is 6.07 Å². The van der Waals surface area contributed by atoms with Gasteiger partial charge < -0.3 is 10.9 Å². The van der Waals surface area contributed by atoms with Gasteiger partial charge in [-0.1, -0.05) is 16.8 Å². The van der Waals surface area contributed by atoms with Gasteiger partial charge >= 0.3 is 0 Å². The van der Waals surface area contributed by atoms with Crippen LogP contribution in [-0.4, -0.2) is 28.5 Å². The standard InChI is InChI=1S/C12H17ClFN3O/c1-8(2)17(7-12(15)16-18)6-9-5-10(13)3-4-11(9)14/h3-5,8,18H,6-7H2,1-2H3,(H2,15,16). The molecule has 100 valence electrons. The van der Waals surface area contributed by atoms with Crippen molar-refractivity contribution in [3.63, 3.8) is 0 Å². The predicted molar refractivity (Wildman–Crippen MR) is 70.4 cm³/mol. The van der Waals surface area contributed by atoms with Crippen LogP contribution in [0.15, 0.2) is 23.4 Å². The first kappa shape index (κ1) is 14.7. The summed E-state index contributed by atoms with van der Waals surface area (Å²) in [6.07, 6.45) is 0. The van der Waals surface area contributed by atoms with Crippen LogP contribution in [0.2, 0.25) is 5.02 Å². The van der Waals surface area contributed by atoms with E-state index >= 15 is 0 Å². The third-order valence-electron chi connectivity index (χ3n) is 2.61. The zero-order valence-electron chi connectivity index (χ0n) is 10.4. The minimum absolute atomic E-state index is 0.0890. The van der Waals surface area contributed by atoms with Crippen LogP contribution in [0.5, 0.6) is 0 Å². The molecule has 1 rings (SSSR count). The summed E-state index contributed by atoms with van der Waals surface area (Å²) < 4.78 is 13.6. The first-order valence-electron chi connectivity index (χ1n) is 5.58. The Balaban J connectivity index is 2.86. The fraction of sp³-hybridized carbons (Fsp3) is 0.417. The maximum Gasteiger partial charge on any atom is 0.153 e. The Hall–Kier alpha value is -1.33. The van der Waals surface area contributed by atoms with Crippen molar-refractivity contribution in [3.05, 3.63) is 34.6 Å². The van der Waals surface area contributed by atoms with Crippen LogP contribution in [0, 0.1) is 5.82 Å². The van der Waals surface area contributed by atoms with Gasteiger partial charge in [0.25, 0.3) is 0 Å². The van der Waals surface area contributed by atoms with E-state index in [1.807, 2.05) is 18.7 Å². The maximum absolute atomic E-state index is 13.6. The highest BCUT2D eigenvalue weighted by atomic mass is 35.5. The Kier molecular flexibility index (Phi) is 5.37. The van der Waals surface area contributed by atoms with Gasteiger partial charge in [0.1, 0.15) is 5.82 Å². The molecule has 18 heavy (non-hydrogen) atoms. The number of nitrogens with two attached hydrogens (primary N) is 1. The van der Waals surface area contributed by atoms with Crippen molar-refractivity contribution < 1.29 is 9.60 Å². The molecule has 0 saturated heterocycles. The zero-order valence-corrected chi connectivity index (χ0v) is 11.2. The van der Waals surface area contributed by atoms with Gasteiger partial charge in [0.15, 0.2) is 5.84 Å². The summed E-state index contributed by atoms with van der Waals surface area (Å²) in [5.41, 5.74) is 5.96. The lowest BCUT2D eigenvalue weighted by atomic mass is 10.1. The van der Waals surface area contributed by atoms with Gasteiger partial charge in [0.05, 0.1) is 6.54 Å². The molecule has 0 spiro atoms. The Morgan fingerprint density at radius 1 is 1.56 bits per heavy atom. The van der Waals surface area contributed by atoms with Crippen LogP contribution in [-0.2, 0) is 6.54 Å². The number of oxime groups is 1. The number of hydrogen-bond donors (Lipinski definition) is 2. The summed E-state index contributed by atoms with van der Waals surface area (Å²) in [6.45, 7) is 4.51. The molecule has 0 aliphatic rings. The first-order chi connectivity index (χ1) is 8.43. The quantitative estimate of drug-likeness (QED) is 0.375. The van der Waals surface area contributed by atoms with Crippen molar-refractivity contribution in [2.24, 2.45) is 10.9 Å². The summed E-state index contributed by atoms with van der Waals surface area (Å²) in [5, 5.41) is 12.0. The number of benzene rings is 1. The molecule has 0 heterocycles. The van der Waals surface area contributed by atoms with Crippen molar-refractivity contribution in [3.8, 4) is 0 Å². The normalized spacial score (nSPS) is 12.4. The molecule has 0 aromatic heterocycles. The van der Waals surface area contributed by atoms with Crippen molar-refractivity contribution in [1.29, 1.82) is 0 Å². The third kappa shape index (κ3) is 4.16. The van der Waals surface area contributed by atoms with E-state index in [-0.39, 0.29) is 24.2 Å². The van der Waals surface area contributed by atoms with E-state index in [1.165, 1.54) is 12.1 Å². The van der Waals surface area contributed by atoms with Crippen LogP contribution in [0.3, 0.4) is 0 Å². The van der Waals surface area contributed by atoms with E-state index in [0.717, 1.165) is 0 Å². The lowest BCUT2D eigenvalue weighted by molar-refractivity contribution is 0.235. The number of hydrogen-bond acceptors (Lipinski definition) is 3. The second-order valence-electron chi connectivity index (χ2n) is 4.33. The van der Waals surface area contributed by atoms with E-state index in [0.29, 0.717) is 17.1 Å². The minimum Gasteiger partial charge on any atom is -0.409 e. The molecule has 6 heteroatoms. The van der Waals surface area contributed by atoms with Crippen LogP contribution < -0.4 is 5.73 Å². The van der Waals surface area contributed by atoms with Gasteiger partial charge in [-0.3, -0.25) is 4.90 Å². The molecule has 0 saturated carbocycles. The number of nitrogens with zero attached hydrogens (tertiary/aromatic N) is 2. The highest BCUT2D eigenvalue weighted by molar-refractivity contribution is 6.30. The number of amidine groups is 1. The SMILES string of the molecule is CC(C)N(C/C(N)=N/O)Cc1cc(Cl)ccc1F. The lowest BCUT2D eigenvalue weighted by Gasteiger charge is -2.26. The summed E-state index contributed by atoms with van der Waals surface area (Å²) in [7, 11) is 0. The molecule has 3 N–H and O–H groups in total. The Morgan fingerprint density at radius 3 is 2.78 bits per heavy atom. The molecular weight excluding hydrogens is 257 g/mol. The summed E-state index contributed by atoms with van der Waals surface area (Å²) in [6, 6.07) is 4.55. The lowest BCUT2D eigenvalue weighted by Crippen LogP contribution is -2.38. The third-order valence-corrected chi connectivity index (χ3v) is 2.84. The Morgan fingerprint density at radius 2 is 2.22 bits per heavy atom. The predicted octanol–water partition coefficient (Wildman–Crippen LogP) is 2.44. The van der Waals surface area contributed by atoms with Gasteiger partial charge in [0, 0.05) is 23.2 Å². The topological polar surface area (TPSA) is 61.8 Å². The zero-order chi connectivity index (χ0) is 13.7. The molecule has 4 nitrogen and oxygen atoms in total. The molecule has 0 bridgehead atoms. The van der Waals surface area contributed by atoms with E-state index in [9.17, 15) is 4.39 Å². The van der Waals surface area contributed by atoms with Crippen molar-refractivity contribution in [1.82, 2.24) is 4.90 Å². The molecule has 0 unspecified atom stereocenters. The molecule has 0 atom stereocenters. The molecule has 1 aromatic carbocycles. The molecule has 0 aliphatic carbocycles. The van der Waals surface area contributed by atoms with Crippen LogP contribution >= 0.6 is 11.6 Å². The summed E-state index contributed by atoms with van der Waals surface area (Å²) in [4.78, 5) is 1.88. The van der Waals surface area contributed by atoms with Crippen molar-refractivity contribution >= 4 is 17.4 Å². The molecular formula is C12H17ClFN3O. The number of rotatable bonds is 5. The van der Waals surface area contributed by atoms with Gasteiger partial charge in [-0.05, 0) is 32.0 Å². The van der Waals surface area contributed by atoms with Crippen molar-refractivity contribution in [2.45, 2.75) is 26.4 Å². The molecule has 1 aromatic rings. The van der Waals surface area contributed by atoms with Crippen LogP contribution in [0.25, 0.3) is 0 Å². The largest absolute Gasteiger partial charge is 0.409 e. The first-order valence-corrected chi connectivity index (χ1v) is 5.96. The fourth-order valence-corrected chi connectivity index (χ4v) is 1.74. The Labute approximate surface area is 111 Å². The van der Waals surface area contributed by atoms with Gasteiger partial charge in [-0.15, -0.1) is 0 Å². The number of halogens is 2. The van der Waals surface area contributed by atoms with Gasteiger partial charge in [-0.25, -0.2) is 4.39 Å². The highest BCUT2D eigenvalue weighted by Crippen LogP contribution is 2.17. The summed E-state index contributed by atoms with van der Waals surface area (Å²) in [5.74, 6) is -0.226. The van der Waals surface area contributed by atoms with Gasteiger partial charge in [0.2, 0.25) is 0 Å². The Bertz CT molecular complexity index is 437. The van der Waals surface area contributed by atoms with Gasteiger partial charge in [-0.2, -0.15) is 0 Å². The fourth-order valence-electron chi connectivity index (χ4n) is 1.54. The smallest absolute Gasteiger partial charge is 0.153 e. The van der Waals surface area contributed by atoms with Crippen LogP contribution in [0.1, 0.15) is 19.4 Å². The molecule has 0 aliphatic heterocycles. The van der Waals surface area contributed by atoms with E-state index < -0.39 is 0 Å². The monoisotopic (exact) mass is 273 g/mol. The van der Waals surface area contributed by atoms with E-state index in [4.69, 9.17) is 22.5 Å². The highest BCUT2D eigenvalue weighted by Gasteiger charge is 2.14. The maximum atomic E-state index is 13.6. The molecule has 0 amide bonds. The average Bonchev–Trinajstić information content (AvgIpc) is 2.32. The second-order valence-corrected chi connectivity index (χ2v) is 4.76. The van der Waals surface area contributed by atoms with Crippen molar-refractivity contribution in [2.75, 3.05) is 6.54 Å².